The lowest BCUT2D eigenvalue weighted by Gasteiger charge is -2.20. The number of hydrogen-bond donors (Lipinski definition) is 1. The molecule has 156 valence electrons. The minimum atomic E-state index is -0.0397. The van der Waals surface area contributed by atoms with E-state index < -0.39 is 0 Å². The molecule has 1 amide bonds. The first-order valence-corrected chi connectivity index (χ1v) is 11.6. The van der Waals surface area contributed by atoms with Gasteiger partial charge in [-0.25, -0.2) is 0 Å². The van der Waals surface area contributed by atoms with Crippen LogP contribution in [-0.2, 0) is 18.6 Å². The maximum Gasteiger partial charge on any atom is 0.252 e. The SMILES string of the molecule is Cc1noc(C)c1CSc1ccccc1C(=O)NC(C)c1ccc2c(c1)CCCC2. The Labute approximate surface area is 182 Å². The maximum absolute atomic E-state index is 13.1. The first-order chi connectivity index (χ1) is 14.5. The van der Waals surface area contributed by atoms with Crippen molar-refractivity contribution in [2.45, 2.75) is 63.1 Å². The van der Waals surface area contributed by atoms with E-state index in [0.717, 1.165) is 34.1 Å². The Morgan fingerprint density at radius 1 is 1.13 bits per heavy atom. The van der Waals surface area contributed by atoms with Gasteiger partial charge in [-0.05, 0) is 75.3 Å². The van der Waals surface area contributed by atoms with Crippen molar-refractivity contribution in [3.8, 4) is 0 Å². The predicted molar refractivity (Wildman–Crippen MR) is 121 cm³/mol. The van der Waals surface area contributed by atoms with E-state index in [1.54, 1.807) is 11.8 Å². The first-order valence-electron chi connectivity index (χ1n) is 10.6. The van der Waals surface area contributed by atoms with Gasteiger partial charge in [0.25, 0.3) is 5.91 Å². The number of carbonyl (C=O) groups excluding carboxylic acids is 1. The van der Waals surface area contributed by atoms with Crippen LogP contribution in [0.25, 0.3) is 0 Å². The largest absolute Gasteiger partial charge is 0.361 e. The van der Waals surface area contributed by atoms with Crippen LogP contribution >= 0.6 is 11.8 Å². The molecule has 0 spiro atoms. The van der Waals surface area contributed by atoms with Crippen LogP contribution in [0.15, 0.2) is 51.9 Å². The molecular weight excluding hydrogens is 392 g/mol. The zero-order chi connectivity index (χ0) is 21.1. The molecule has 1 aliphatic carbocycles. The van der Waals surface area contributed by atoms with Crippen molar-refractivity contribution < 1.29 is 9.32 Å². The lowest BCUT2D eigenvalue weighted by molar-refractivity contribution is 0.0937. The molecular formula is C25H28N2O2S. The van der Waals surface area contributed by atoms with Gasteiger partial charge < -0.3 is 9.84 Å². The molecule has 2 aromatic carbocycles. The van der Waals surface area contributed by atoms with Crippen molar-refractivity contribution in [1.82, 2.24) is 10.5 Å². The number of carbonyl (C=O) groups is 1. The molecule has 1 N–H and O–H groups in total. The van der Waals surface area contributed by atoms with Crippen LogP contribution in [-0.4, -0.2) is 11.1 Å². The van der Waals surface area contributed by atoms with Gasteiger partial charge in [0.15, 0.2) is 0 Å². The number of fused-ring (bicyclic) bond motifs is 1. The van der Waals surface area contributed by atoms with Crippen LogP contribution in [0.3, 0.4) is 0 Å². The highest BCUT2D eigenvalue weighted by Gasteiger charge is 2.18. The highest BCUT2D eigenvalue weighted by Crippen LogP contribution is 2.30. The molecule has 1 aromatic heterocycles. The lowest BCUT2D eigenvalue weighted by Crippen LogP contribution is -2.27. The number of hydrogen-bond acceptors (Lipinski definition) is 4. The topological polar surface area (TPSA) is 55.1 Å². The average molecular weight is 421 g/mol. The fraction of sp³-hybridized carbons (Fsp3) is 0.360. The molecule has 1 atom stereocenters. The summed E-state index contributed by atoms with van der Waals surface area (Å²) in [5.41, 5.74) is 6.78. The second-order valence-corrected chi connectivity index (χ2v) is 9.04. The quantitative estimate of drug-likeness (QED) is 0.500. The number of aromatic nitrogens is 1. The second-order valence-electron chi connectivity index (χ2n) is 8.02. The Hall–Kier alpha value is -2.53. The van der Waals surface area contributed by atoms with E-state index in [1.807, 2.05) is 38.1 Å². The van der Waals surface area contributed by atoms with Crippen LogP contribution in [0.4, 0.5) is 0 Å². The Balaban J connectivity index is 1.47. The summed E-state index contributed by atoms with van der Waals surface area (Å²) in [4.78, 5) is 14.0. The van der Waals surface area contributed by atoms with Gasteiger partial charge in [0.2, 0.25) is 0 Å². The third kappa shape index (κ3) is 4.46. The maximum atomic E-state index is 13.1. The summed E-state index contributed by atoms with van der Waals surface area (Å²) in [5, 5.41) is 7.21. The van der Waals surface area contributed by atoms with E-state index in [2.05, 4.69) is 35.6 Å². The van der Waals surface area contributed by atoms with Crippen molar-refractivity contribution in [2.75, 3.05) is 0 Å². The number of benzene rings is 2. The van der Waals surface area contributed by atoms with Crippen molar-refractivity contribution in [2.24, 2.45) is 0 Å². The van der Waals surface area contributed by atoms with E-state index in [0.29, 0.717) is 5.56 Å². The normalized spacial score (nSPS) is 14.2. The van der Waals surface area contributed by atoms with Gasteiger partial charge in [0, 0.05) is 16.2 Å². The summed E-state index contributed by atoms with van der Waals surface area (Å²) in [7, 11) is 0. The smallest absolute Gasteiger partial charge is 0.252 e. The van der Waals surface area contributed by atoms with Crippen LogP contribution in [0.2, 0.25) is 0 Å². The standard InChI is InChI=1S/C25H28N2O2S/c1-16(20-13-12-19-8-4-5-9-21(19)14-20)26-25(28)22-10-6-7-11-24(22)30-15-23-17(2)27-29-18(23)3/h6-7,10-14,16H,4-5,8-9,15H2,1-3H3,(H,26,28). The molecule has 1 aliphatic rings. The van der Waals surface area contributed by atoms with Gasteiger partial charge >= 0.3 is 0 Å². The molecule has 0 bridgehead atoms. The van der Waals surface area contributed by atoms with Crippen molar-refractivity contribution in [1.29, 1.82) is 0 Å². The van der Waals surface area contributed by atoms with E-state index in [9.17, 15) is 4.79 Å². The molecule has 0 saturated carbocycles. The monoisotopic (exact) mass is 420 g/mol. The van der Waals surface area contributed by atoms with Crippen LogP contribution in [0, 0.1) is 13.8 Å². The zero-order valence-corrected chi connectivity index (χ0v) is 18.6. The van der Waals surface area contributed by atoms with Gasteiger partial charge in [-0.3, -0.25) is 4.79 Å². The number of amides is 1. The van der Waals surface area contributed by atoms with Gasteiger partial charge in [-0.2, -0.15) is 0 Å². The summed E-state index contributed by atoms with van der Waals surface area (Å²) in [6, 6.07) is 14.4. The molecule has 5 heteroatoms. The minimum Gasteiger partial charge on any atom is -0.361 e. The molecule has 1 unspecified atom stereocenters. The summed E-state index contributed by atoms with van der Waals surface area (Å²) >= 11 is 1.64. The second kappa shape index (κ2) is 9.09. The number of rotatable bonds is 6. The molecule has 0 saturated heterocycles. The third-order valence-corrected chi connectivity index (χ3v) is 7.01. The first kappa shape index (κ1) is 20.7. The Kier molecular flexibility index (Phi) is 6.28. The van der Waals surface area contributed by atoms with Gasteiger partial charge in [0.05, 0.1) is 17.3 Å². The number of nitrogens with one attached hydrogen (secondary N) is 1. The van der Waals surface area contributed by atoms with Crippen LogP contribution < -0.4 is 5.32 Å². The summed E-state index contributed by atoms with van der Waals surface area (Å²) in [6.07, 6.45) is 4.85. The number of thioether (sulfide) groups is 1. The van der Waals surface area contributed by atoms with Gasteiger partial charge in [-0.1, -0.05) is 35.5 Å². The highest BCUT2D eigenvalue weighted by molar-refractivity contribution is 7.98. The molecule has 3 aromatic rings. The Bertz CT molecular complexity index is 1040. The van der Waals surface area contributed by atoms with Crippen LogP contribution in [0.1, 0.15) is 69.9 Å². The third-order valence-electron chi connectivity index (χ3n) is 5.91. The van der Waals surface area contributed by atoms with Crippen LogP contribution in [0.5, 0.6) is 0 Å². The predicted octanol–water partition coefficient (Wildman–Crippen LogP) is 5.95. The number of nitrogens with zero attached hydrogens (tertiary/aromatic N) is 1. The number of aryl methyl sites for hydroxylation is 4. The molecule has 0 fully saturated rings. The molecule has 0 aliphatic heterocycles. The van der Waals surface area contributed by atoms with Gasteiger partial charge in [0.1, 0.15) is 5.76 Å². The molecule has 4 rings (SSSR count). The summed E-state index contributed by atoms with van der Waals surface area (Å²) < 4.78 is 5.26. The Morgan fingerprint density at radius 2 is 1.90 bits per heavy atom. The highest BCUT2D eigenvalue weighted by atomic mass is 32.2. The molecule has 4 nitrogen and oxygen atoms in total. The van der Waals surface area contributed by atoms with E-state index in [4.69, 9.17) is 4.52 Å². The Morgan fingerprint density at radius 3 is 2.67 bits per heavy atom. The summed E-state index contributed by atoms with van der Waals surface area (Å²) in [5.74, 6) is 1.52. The van der Waals surface area contributed by atoms with E-state index in [-0.39, 0.29) is 11.9 Å². The van der Waals surface area contributed by atoms with Crippen molar-refractivity contribution in [3.63, 3.8) is 0 Å². The molecule has 0 radical (unpaired) electrons. The van der Waals surface area contributed by atoms with Crippen molar-refractivity contribution >= 4 is 17.7 Å². The minimum absolute atomic E-state index is 0.0367. The van der Waals surface area contributed by atoms with E-state index in [1.165, 1.54) is 36.0 Å². The fourth-order valence-electron chi connectivity index (χ4n) is 4.02. The van der Waals surface area contributed by atoms with Gasteiger partial charge in [-0.15, -0.1) is 11.8 Å². The zero-order valence-electron chi connectivity index (χ0n) is 17.8. The lowest BCUT2D eigenvalue weighted by atomic mass is 9.89. The molecule has 1 heterocycles. The average Bonchev–Trinajstić information content (AvgIpc) is 3.09. The van der Waals surface area contributed by atoms with E-state index >= 15 is 0 Å². The fourth-order valence-corrected chi connectivity index (χ4v) is 5.22. The summed E-state index contributed by atoms with van der Waals surface area (Å²) in [6.45, 7) is 5.93. The molecule has 30 heavy (non-hydrogen) atoms. The van der Waals surface area contributed by atoms with Crippen molar-refractivity contribution in [3.05, 3.63) is 81.7 Å².